The van der Waals surface area contributed by atoms with Gasteiger partial charge in [-0.1, -0.05) is 36.4 Å². The number of piperazine rings is 1. The van der Waals surface area contributed by atoms with Crippen LogP contribution in [0.15, 0.2) is 83.9 Å². The molecule has 1 aromatic heterocycles. The van der Waals surface area contributed by atoms with Crippen LogP contribution in [-0.2, 0) is 16.6 Å². The molecule has 0 aliphatic carbocycles. The van der Waals surface area contributed by atoms with Crippen molar-refractivity contribution in [2.75, 3.05) is 30.9 Å². The molecule has 38 heavy (non-hydrogen) atoms. The number of rotatable bonds is 6. The Labute approximate surface area is 222 Å². The number of aryl methyl sites for hydroxylation is 1. The summed E-state index contributed by atoms with van der Waals surface area (Å²) < 4.78 is 29.0. The molecule has 3 aromatic carbocycles. The molecular formula is C29H27N5O3S. The van der Waals surface area contributed by atoms with E-state index in [1.807, 2.05) is 41.3 Å². The Morgan fingerprint density at radius 3 is 2.53 bits per heavy atom. The van der Waals surface area contributed by atoms with Crippen molar-refractivity contribution in [2.24, 2.45) is 0 Å². The number of para-hydroxylation sites is 1. The number of aromatic nitrogens is 1. The minimum Gasteiger partial charge on any atom is -0.336 e. The molecule has 1 N–H and O–H groups in total. The first kappa shape index (κ1) is 25.4. The predicted molar refractivity (Wildman–Crippen MR) is 146 cm³/mol. The standard InChI is InChI=1S/C29H27N5O3S/c1-21-18-23(29(35)34-16-14-33(15-17-34)20-25-7-3-2-6-24(25)19-30)11-12-26(21)32-38(36,37)27-10-4-8-22-9-5-13-31-28(22)27/h2-13,18,32H,14-17,20H2,1H3. The van der Waals surface area contributed by atoms with E-state index in [-0.39, 0.29) is 10.8 Å². The molecule has 192 valence electrons. The third-order valence-electron chi connectivity index (χ3n) is 6.79. The van der Waals surface area contributed by atoms with Crippen molar-refractivity contribution in [3.63, 3.8) is 0 Å². The third kappa shape index (κ3) is 5.23. The fourth-order valence-electron chi connectivity index (χ4n) is 4.70. The number of fused-ring (bicyclic) bond motifs is 1. The molecule has 9 heteroatoms. The van der Waals surface area contributed by atoms with E-state index in [1.54, 1.807) is 43.5 Å². The summed E-state index contributed by atoms with van der Waals surface area (Å²) in [6.45, 7) is 5.03. The molecule has 4 aromatic rings. The number of anilines is 1. The van der Waals surface area contributed by atoms with Crippen LogP contribution in [0, 0.1) is 18.3 Å². The van der Waals surface area contributed by atoms with E-state index in [2.05, 4.69) is 20.7 Å². The summed E-state index contributed by atoms with van der Waals surface area (Å²) in [7, 11) is -3.89. The molecule has 1 amide bonds. The van der Waals surface area contributed by atoms with E-state index >= 15 is 0 Å². The molecule has 0 atom stereocenters. The summed E-state index contributed by atoms with van der Waals surface area (Å²) in [4.78, 5) is 21.6. The quantitative estimate of drug-likeness (QED) is 0.405. The number of sulfonamides is 1. The monoisotopic (exact) mass is 525 g/mol. The Morgan fingerprint density at radius 2 is 1.76 bits per heavy atom. The van der Waals surface area contributed by atoms with Crippen LogP contribution in [0.3, 0.4) is 0 Å². The number of carbonyl (C=O) groups is 1. The highest BCUT2D eigenvalue weighted by molar-refractivity contribution is 7.93. The predicted octanol–water partition coefficient (Wildman–Crippen LogP) is 4.17. The van der Waals surface area contributed by atoms with Gasteiger partial charge in [0.05, 0.1) is 22.8 Å². The van der Waals surface area contributed by atoms with Crippen molar-refractivity contribution in [2.45, 2.75) is 18.4 Å². The van der Waals surface area contributed by atoms with Crippen LogP contribution >= 0.6 is 0 Å². The first-order chi connectivity index (χ1) is 18.4. The number of benzene rings is 3. The van der Waals surface area contributed by atoms with Crippen molar-refractivity contribution in [3.05, 3.63) is 101 Å². The van der Waals surface area contributed by atoms with E-state index in [0.29, 0.717) is 60.6 Å². The fourth-order valence-corrected chi connectivity index (χ4v) is 6.02. The van der Waals surface area contributed by atoms with Gasteiger partial charge in [0.15, 0.2) is 0 Å². The molecule has 0 saturated carbocycles. The van der Waals surface area contributed by atoms with Gasteiger partial charge in [0.25, 0.3) is 15.9 Å². The largest absolute Gasteiger partial charge is 0.336 e. The lowest BCUT2D eigenvalue weighted by Crippen LogP contribution is -2.48. The average Bonchev–Trinajstić information content (AvgIpc) is 2.94. The number of carbonyl (C=O) groups excluding carboxylic acids is 1. The van der Waals surface area contributed by atoms with E-state index in [9.17, 15) is 18.5 Å². The molecule has 0 bridgehead atoms. The number of hydrogen-bond donors (Lipinski definition) is 1. The molecule has 0 radical (unpaired) electrons. The molecule has 2 heterocycles. The van der Waals surface area contributed by atoms with Gasteiger partial charge in [0.1, 0.15) is 4.90 Å². The van der Waals surface area contributed by atoms with Crippen molar-refractivity contribution in [1.29, 1.82) is 5.26 Å². The van der Waals surface area contributed by atoms with Crippen LogP contribution in [0.5, 0.6) is 0 Å². The normalized spacial score (nSPS) is 14.3. The van der Waals surface area contributed by atoms with E-state index in [0.717, 1.165) is 10.9 Å². The van der Waals surface area contributed by atoms with E-state index < -0.39 is 10.0 Å². The Kier molecular flexibility index (Phi) is 7.09. The highest BCUT2D eigenvalue weighted by Gasteiger charge is 2.24. The molecule has 0 spiro atoms. The van der Waals surface area contributed by atoms with Crippen LogP contribution in [-0.4, -0.2) is 55.3 Å². The molecule has 1 aliphatic rings. The lowest BCUT2D eigenvalue weighted by molar-refractivity contribution is 0.0628. The van der Waals surface area contributed by atoms with Crippen LogP contribution in [0.2, 0.25) is 0 Å². The highest BCUT2D eigenvalue weighted by atomic mass is 32.2. The number of hydrogen-bond acceptors (Lipinski definition) is 6. The summed E-state index contributed by atoms with van der Waals surface area (Å²) in [5, 5.41) is 10.1. The number of nitriles is 1. The van der Waals surface area contributed by atoms with Gasteiger partial charge in [-0.25, -0.2) is 8.42 Å². The second-order valence-electron chi connectivity index (χ2n) is 9.30. The molecule has 8 nitrogen and oxygen atoms in total. The molecule has 1 saturated heterocycles. The Morgan fingerprint density at radius 1 is 1.00 bits per heavy atom. The Hall–Kier alpha value is -4.26. The van der Waals surface area contributed by atoms with E-state index in [4.69, 9.17) is 0 Å². The van der Waals surface area contributed by atoms with Crippen LogP contribution in [0.1, 0.15) is 27.0 Å². The maximum Gasteiger partial charge on any atom is 0.264 e. The van der Waals surface area contributed by atoms with Crippen molar-refractivity contribution in [1.82, 2.24) is 14.8 Å². The minimum absolute atomic E-state index is 0.0853. The van der Waals surface area contributed by atoms with Gasteiger partial charge in [-0.2, -0.15) is 5.26 Å². The molecule has 1 aliphatic heterocycles. The highest BCUT2D eigenvalue weighted by Crippen LogP contribution is 2.26. The maximum atomic E-state index is 13.2. The molecule has 5 rings (SSSR count). The number of nitrogens with one attached hydrogen (secondary N) is 1. The zero-order valence-corrected chi connectivity index (χ0v) is 21.8. The number of nitrogens with zero attached hydrogens (tertiary/aromatic N) is 4. The average molecular weight is 526 g/mol. The summed E-state index contributed by atoms with van der Waals surface area (Å²) in [5.41, 5.74) is 3.65. The lowest BCUT2D eigenvalue weighted by Gasteiger charge is -2.35. The number of pyridine rings is 1. The summed E-state index contributed by atoms with van der Waals surface area (Å²) in [6.07, 6.45) is 1.57. The lowest BCUT2D eigenvalue weighted by atomic mass is 10.1. The Bertz CT molecular complexity index is 1650. The first-order valence-electron chi connectivity index (χ1n) is 12.3. The van der Waals surface area contributed by atoms with Gasteiger partial charge < -0.3 is 4.90 Å². The van der Waals surface area contributed by atoms with Gasteiger partial charge in [0.2, 0.25) is 0 Å². The van der Waals surface area contributed by atoms with Crippen LogP contribution in [0.25, 0.3) is 10.9 Å². The smallest absolute Gasteiger partial charge is 0.264 e. The van der Waals surface area contributed by atoms with Gasteiger partial charge in [-0.3, -0.25) is 19.4 Å². The maximum absolute atomic E-state index is 13.2. The summed E-state index contributed by atoms with van der Waals surface area (Å²) >= 11 is 0. The van der Waals surface area contributed by atoms with Gasteiger partial charge in [-0.15, -0.1) is 0 Å². The third-order valence-corrected chi connectivity index (χ3v) is 8.19. The topological polar surface area (TPSA) is 106 Å². The fraction of sp³-hybridized carbons (Fsp3) is 0.207. The van der Waals surface area contributed by atoms with Crippen LogP contribution in [0.4, 0.5) is 5.69 Å². The first-order valence-corrected chi connectivity index (χ1v) is 13.8. The zero-order chi connectivity index (χ0) is 26.7. The van der Waals surface area contributed by atoms with Gasteiger partial charge in [-0.05, 0) is 54.4 Å². The van der Waals surface area contributed by atoms with Gasteiger partial charge in [0, 0.05) is 49.9 Å². The second-order valence-corrected chi connectivity index (χ2v) is 11.0. The summed E-state index contributed by atoms with van der Waals surface area (Å²) in [6, 6.07) is 23.4. The Balaban J connectivity index is 1.25. The molecule has 1 fully saturated rings. The number of amides is 1. The van der Waals surface area contributed by atoms with Gasteiger partial charge >= 0.3 is 0 Å². The van der Waals surface area contributed by atoms with Crippen molar-refractivity contribution < 1.29 is 13.2 Å². The zero-order valence-electron chi connectivity index (χ0n) is 21.0. The van der Waals surface area contributed by atoms with Crippen molar-refractivity contribution in [3.8, 4) is 6.07 Å². The van der Waals surface area contributed by atoms with E-state index in [1.165, 1.54) is 6.07 Å². The minimum atomic E-state index is -3.89. The summed E-state index contributed by atoms with van der Waals surface area (Å²) in [5.74, 6) is -0.0853. The van der Waals surface area contributed by atoms with Crippen LogP contribution < -0.4 is 4.72 Å². The second kappa shape index (κ2) is 10.6. The molecular weight excluding hydrogens is 498 g/mol. The van der Waals surface area contributed by atoms with Crippen molar-refractivity contribution >= 4 is 32.5 Å². The SMILES string of the molecule is Cc1cc(C(=O)N2CCN(Cc3ccccc3C#N)CC2)ccc1NS(=O)(=O)c1cccc2cccnc12. The molecule has 0 unspecified atom stereocenters.